The largest absolute Gasteiger partial charge is 0.488 e. The number of rotatable bonds is 5. The first kappa shape index (κ1) is 19.0. The molecule has 0 radical (unpaired) electrons. The van der Waals surface area contributed by atoms with E-state index in [9.17, 15) is 0 Å². The van der Waals surface area contributed by atoms with E-state index in [1.807, 2.05) is 6.07 Å². The molecule has 8 nitrogen and oxygen atoms in total. The summed E-state index contributed by atoms with van der Waals surface area (Å²) in [6, 6.07) is 6.42. The van der Waals surface area contributed by atoms with Crippen molar-refractivity contribution in [1.29, 1.82) is 0 Å². The summed E-state index contributed by atoms with van der Waals surface area (Å²) in [5.41, 5.74) is 2.82. The van der Waals surface area contributed by atoms with Gasteiger partial charge >= 0.3 is 0 Å². The van der Waals surface area contributed by atoms with Crippen LogP contribution in [0.15, 0.2) is 43.0 Å². The van der Waals surface area contributed by atoms with Gasteiger partial charge < -0.3 is 19.7 Å². The molecule has 2 fully saturated rings. The van der Waals surface area contributed by atoms with E-state index in [1.165, 1.54) is 0 Å². The molecule has 2 aromatic heterocycles. The number of aromatic nitrogens is 4. The third-order valence-corrected chi connectivity index (χ3v) is 5.77. The molecular weight excluding hydrogens is 380 g/mol. The van der Waals surface area contributed by atoms with Crippen molar-refractivity contribution in [3.63, 3.8) is 0 Å². The fraction of sp³-hybridized carbons (Fsp3) is 0.455. The number of nitrogens with one attached hydrogen (secondary N) is 1. The van der Waals surface area contributed by atoms with E-state index in [2.05, 4.69) is 42.3 Å². The summed E-state index contributed by atoms with van der Waals surface area (Å²) in [5.74, 6) is 1.52. The molecule has 0 bridgehead atoms. The zero-order valence-corrected chi connectivity index (χ0v) is 16.9. The smallest absolute Gasteiger partial charge is 0.222 e. The number of hydrogen-bond donors (Lipinski definition) is 1. The third kappa shape index (κ3) is 4.28. The maximum Gasteiger partial charge on any atom is 0.222 e. The van der Waals surface area contributed by atoms with Gasteiger partial charge in [-0.1, -0.05) is 0 Å². The summed E-state index contributed by atoms with van der Waals surface area (Å²) >= 11 is 0. The molecule has 3 aromatic rings. The Hall–Kier alpha value is -3.00. The fourth-order valence-electron chi connectivity index (χ4n) is 4.18. The zero-order valence-electron chi connectivity index (χ0n) is 16.9. The topological polar surface area (TPSA) is 85.3 Å². The van der Waals surface area contributed by atoms with Crippen molar-refractivity contribution in [2.24, 2.45) is 0 Å². The van der Waals surface area contributed by atoms with Gasteiger partial charge in [-0.25, -0.2) is 15.0 Å². The number of anilines is 2. The molecule has 0 atom stereocenters. The summed E-state index contributed by atoms with van der Waals surface area (Å²) in [6.07, 6.45) is 11.2. The molecule has 2 aliphatic rings. The SMILES string of the molecule is c1cnc(N[C@H]2CC[C@@H](Oc3cc(N4CCOCC4)cc4nccnc34)CC2)nc1. The first-order valence-electron chi connectivity index (χ1n) is 10.6. The second-order valence-electron chi connectivity index (χ2n) is 7.78. The molecule has 30 heavy (non-hydrogen) atoms. The zero-order chi connectivity index (χ0) is 20.2. The number of ether oxygens (including phenoxy) is 2. The Labute approximate surface area is 175 Å². The Kier molecular flexibility index (Phi) is 5.56. The monoisotopic (exact) mass is 406 g/mol. The maximum absolute atomic E-state index is 6.48. The van der Waals surface area contributed by atoms with Crippen LogP contribution in [0, 0.1) is 0 Å². The maximum atomic E-state index is 6.48. The first-order chi connectivity index (χ1) is 14.8. The van der Waals surface area contributed by atoms with E-state index in [-0.39, 0.29) is 6.10 Å². The van der Waals surface area contributed by atoms with Crippen LogP contribution in [0.1, 0.15) is 25.7 Å². The van der Waals surface area contributed by atoms with Gasteiger partial charge in [0.05, 0.1) is 24.8 Å². The van der Waals surface area contributed by atoms with Gasteiger partial charge in [0.25, 0.3) is 0 Å². The van der Waals surface area contributed by atoms with Gasteiger partial charge in [-0.3, -0.25) is 4.98 Å². The van der Waals surface area contributed by atoms with E-state index in [0.717, 1.165) is 74.5 Å². The fourth-order valence-corrected chi connectivity index (χ4v) is 4.18. The van der Waals surface area contributed by atoms with Crippen molar-refractivity contribution in [2.45, 2.75) is 37.8 Å². The van der Waals surface area contributed by atoms with Crippen LogP contribution in [-0.4, -0.2) is 58.4 Å². The van der Waals surface area contributed by atoms with Crippen molar-refractivity contribution >= 4 is 22.7 Å². The number of fused-ring (bicyclic) bond motifs is 1. The summed E-state index contributed by atoms with van der Waals surface area (Å²) in [5, 5.41) is 3.43. The molecule has 1 aliphatic heterocycles. The molecular formula is C22H26N6O2. The van der Waals surface area contributed by atoms with Gasteiger partial charge in [-0.2, -0.15) is 0 Å². The lowest BCUT2D eigenvalue weighted by Crippen LogP contribution is -2.36. The van der Waals surface area contributed by atoms with Crippen molar-refractivity contribution in [3.05, 3.63) is 43.0 Å². The summed E-state index contributed by atoms with van der Waals surface area (Å²) in [7, 11) is 0. The molecule has 156 valence electrons. The van der Waals surface area contributed by atoms with Gasteiger partial charge in [-0.15, -0.1) is 0 Å². The lowest BCUT2D eigenvalue weighted by Gasteiger charge is -2.31. The van der Waals surface area contributed by atoms with Gasteiger partial charge in [0.15, 0.2) is 0 Å². The standard InChI is InChI=1S/C22H26N6O2/c1-6-25-22(26-7-1)27-16-2-4-18(5-3-16)30-20-15-17(28-10-12-29-13-11-28)14-19-21(20)24-9-8-23-19/h1,6-9,14-16,18H,2-5,10-13H2,(H,25,26,27)/t16-,18+. The van der Waals surface area contributed by atoms with Crippen molar-refractivity contribution in [2.75, 3.05) is 36.5 Å². The van der Waals surface area contributed by atoms with E-state index in [0.29, 0.717) is 12.0 Å². The van der Waals surface area contributed by atoms with Gasteiger partial charge in [0.2, 0.25) is 5.95 Å². The molecule has 0 spiro atoms. The Bertz CT molecular complexity index is 972. The van der Waals surface area contributed by atoms with Crippen molar-refractivity contribution in [1.82, 2.24) is 19.9 Å². The number of hydrogen-bond acceptors (Lipinski definition) is 8. The number of benzene rings is 1. The van der Waals surface area contributed by atoms with Gasteiger partial charge in [0.1, 0.15) is 11.3 Å². The Balaban J connectivity index is 1.29. The average molecular weight is 406 g/mol. The van der Waals surface area contributed by atoms with Crippen LogP contribution >= 0.6 is 0 Å². The molecule has 1 saturated carbocycles. The minimum absolute atomic E-state index is 0.171. The highest BCUT2D eigenvalue weighted by atomic mass is 16.5. The van der Waals surface area contributed by atoms with Crippen molar-refractivity contribution < 1.29 is 9.47 Å². The van der Waals surface area contributed by atoms with Crippen molar-refractivity contribution in [3.8, 4) is 5.75 Å². The normalized spacial score (nSPS) is 22.1. The molecule has 0 amide bonds. The Morgan fingerprint density at radius 3 is 2.47 bits per heavy atom. The quantitative estimate of drug-likeness (QED) is 0.692. The Morgan fingerprint density at radius 1 is 0.900 bits per heavy atom. The van der Waals surface area contributed by atoms with E-state index < -0.39 is 0 Å². The predicted octanol–water partition coefficient (Wildman–Crippen LogP) is 3.06. The average Bonchev–Trinajstić information content (AvgIpc) is 2.81. The molecule has 5 rings (SSSR count). The van der Waals surface area contributed by atoms with Crippen LogP contribution in [0.25, 0.3) is 11.0 Å². The van der Waals surface area contributed by atoms with E-state index in [1.54, 1.807) is 24.8 Å². The predicted molar refractivity (Wildman–Crippen MR) is 115 cm³/mol. The lowest BCUT2D eigenvalue weighted by atomic mass is 9.93. The van der Waals surface area contributed by atoms with Crippen LogP contribution in [0.2, 0.25) is 0 Å². The van der Waals surface area contributed by atoms with Crippen LogP contribution in [0.3, 0.4) is 0 Å². The van der Waals surface area contributed by atoms with Gasteiger partial charge in [-0.05, 0) is 37.8 Å². The number of morpholine rings is 1. The first-order valence-corrected chi connectivity index (χ1v) is 10.6. The highest BCUT2D eigenvalue weighted by molar-refractivity contribution is 5.85. The second-order valence-corrected chi connectivity index (χ2v) is 7.78. The Morgan fingerprint density at radius 2 is 1.67 bits per heavy atom. The highest BCUT2D eigenvalue weighted by Crippen LogP contribution is 2.33. The molecule has 8 heteroatoms. The summed E-state index contributed by atoms with van der Waals surface area (Å²) < 4.78 is 12.0. The third-order valence-electron chi connectivity index (χ3n) is 5.77. The molecule has 1 aliphatic carbocycles. The lowest BCUT2D eigenvalue weighted by molar-refractivity contribution is 0.122. The summed E-state index contributed by atoms with van der Waals surface area (Å²) in [6.45, 7) is 3.25. The molecule has 1 N–H and O–H groups in total. The van der Waals surface area contributed by atoms with Crippen LogP contribution in [-0.2, 0) is 4.74 Å². The summed E-state index contributed by atoms with van der Waals surface area (Å²) in [4.78, 5) is 19.9. The minimum Gasteiger partial charge on any atom is -0.488 e. The molecule has 1 aromatic carbocycles. The molecule has 0 unspecified atom stereocenters. The highest BCUT2D eigenvalue weighted by Gasteiger charge is 2.24. The van der Waals surface area contributed by atoms with E-state index in [4.69, 9.17) is 9.47 Å². The molecule has 1 saturated heterocycles. The molecule has 3 heterocycles. The van der Waals surface area contributed by atoms with Crippen LogP contribution in [0.5, 0.6) is 5.75 Å². The second kappa shape index (κ2) is 8.79. The van der Waals surface area contributed by atoms with E-state index >= 15 is 0 Å². The van der Waals surface area contributed by atoms with Crippen LogP contribution in [0.4, 0.5) is 11.6 Å². The number of nitrogens with zero attached hydrogens (tertiary/aromatic N) is 5. The minimum atomic E-state index is 0.171. The van der Waals surface area contributed by atoms with Crippen LogP contribution < -0.4 is 15.0 Å². The van der Waals surface area contributed by atoms with Gasteiger partial charge in [0, 0.05) is 55.7 Å².